The number of primary amides is 1. The van der Waals surface area contributed by atoms with Gasteiger partial charge in [-0.05, 0) is 74.1 Å². The Balaban J connectivity index is 1.61. The normalized spacial score (nSPS) is 13.0. The van der Waals surface area contributed by atoms with Crippen molar-refractivity contribution in [2.45, 2.75) is 108 Å². The largest absolute Gasteiger partial charge is 0.508 e. The molecule has 5 atom stereocenters. The number of thiol groups is 1. The molecule has 0 fully saturated rings. The van der Waals surface area contributed by atoms with Gasteiger partial charge in [0, 0.05) is 57.9 Å². The summed E-state index contributed by atoms with van der Waals surface area (Å²) in [4.78, 5) is 113. The van der Waals surface area contributed by atoms with Gasteiger partial charge in [-0.15, -0.1) is 0 Å². The number of nitrogens with two attached hydrogens (primary N) is 3. The van der Waals surface area contributed by atoms with Crippen molar-refractivity contribution in [2.24, 2.45) is 23.1 Å². The Morgan fingerprint density at radius 1 is 0.526 bits per heavy atom. The number of carbonyl (C=O) groups is 9. The van der Waals surface area contributed by atoms with Gasteiger partial charge in [-0.1, -0.05) is 56.3 Å². The molecule has 9 amide bonds. The molecule has 0 unspecified atom stereocenters. The molecule has 0 aliphatic rings. The molecule has 76 heavy (non-hydrogen) atoms. The zero-order valence-corrected chi connectivity index (χ0v) is 44.6. The number of unbranched alkanes of at least 4 members (excludes halogenated alkanes) is 1. The van der Waals surface area contributed by atoms with E-state index in [9.17, 15) is 48.3 Å². The Kier molecular flexibility index (Phi) is 33.8. The van der Waals surface area contributed by atoms with E-state index in [-0.39, 0.29) is 67.9 Å². The van der Waals surface area contributed by atoms with Gasteiger partial charge in [0.2, 0.25) is 53.2 Å². The van der Waals surface area contributed by atoms with Gasteiger partial charge in [-0.2, -0.15) is 12.6 Å². The summed E-state index contributed by atoms with van der Waals surface area (Å²) in [7, 11) is 0. The van der Waals surface area contributed by atoms with Crippen molar-refractivity contribution in [3.05, 3.63) is 65.7 Å². The highest BCUT2D eigenvalue weighted by atomic mass is 32.1. The van der Waals surface area contributed by atoms with Crippen molar-refractivity contribution < 1.29 is 62.5 Å². The van der Waals surface area contributed by atoms with Gasteiger partial charge in [-0.25, -0.2) is 0 Å². The third kappa shape index (κ3) is 30.9. The predicted molar refractivity (Wildman–Crippen MR) is 286 cm³/mol. The second-order valence-electron chi connectivity index (χ2n) is 18.3. The van der Waals surface area contributed by atoms with Gasteiger partial charge < -0.3 is 79.1 Å². The summed E-state index contributed by atoms with van der Waals surface area (Å²) >= 11 is 3.98. The molecule has 25 heteroatoms. The molecule has 0 spiro atoms. The van der Waals surface area contributed by atoms with E-state index in [2.05, 4.69) is 55.2 Å². The average molecular weight is 1090 g/mol. The number of ether oxygens (including phenoxy) is 3. The first kappa shape index (κ1) is 65.7. The van der Waals surface area contributed by atoms with E-state index < -0.39 is 84.6 Å². The van der Waals surface area contributed by atoms with E-state index in [0.717, 1.165) is 11.1 Å². The first-order valence-corrected chi connectivity index (χ1v) is 26.2. The van der Waals surface area contributed by atoms with E-state index in [1.165, 1.54) is 12.1 Å². The third-order valence-electron chi connectivity index (χ3n) is 11.2. The van der Waals surface area contributed by atoms with Gasteiger partial charge >= 0.3 is 0 Å². The molecule has 15 N–H and O–H groups in total. The maximum atomic E-state index is 13.7. The molecule has 0 saturated heterocycles. The van der Waals surface area contributed by atoms with Crippen LogP contribution < -0.4 is 59.7 Å². The summed E-state index contributed by atoms with van der Waals surface area (Å²) in [6, 6.07) is 10.6. The van der Waals surface area contributed by atoms with Crippen LogP contribution in [0.15, 0.2) is 54.6 Å². The molecular weight excluding hydrogens is 1010 g/mol. The van der Waals surface area contributed by atoms with E-state index in [0.29, 0.717) is 84.8 Å². The molecule has 2 aromatic rings. The van der Waals surface area contributed by atoms with Crippen LogP contribution >= 0.6 is 12.6 Å². The second-order valence-corrected chi connectivity index (χ2v) is 18.6. The molecule has 0 heterocycles. The van der Waals surface area contributed by atoms with Gasteiger partial charge in [0.05, 0.1) is 51.6 Å². The molecule has 0 radical (unpaired) electrons. The van der Waals surface area contributed by atoms with Crippen LogP contribution in [0.1, 0.15) is 76.3 Å². The number of phenols is 1. The van der Waals surface area contributed by atoms with Crippen molar-refractivity contribution in [1.29, 1.82) is 0 Å². The number of rotatable bonds is 41. The van der Waals surface area contributed by atoms with Crippen molar-refractivity contribution >= 4 is 65.8 Å². The van der Waals surface area contributed by atoms with Crippen molar-refractivity contribution in [3.8, 4) is 5.75 Å². The van der Waals surface area contributed by atoms with Crippen LogP contribution in [0.25, 0.3) is 0 Å². The molecule has 24 nitrogen and oxygen atoms in total. The molecular formula is C51H81N11O13S. The van der Waals surface area contributed by atoms with Gasteiger partial charge in [0.25, 0.3) is 0 Å². The molecule has 0 aliphatic carbocycles. The summed E-state index contributed by atoms with van der Waals surface area (Å²) in [5.74, 6) is -4.37. The summed E-state index contributed by atoms with van der Waals surface area (Å²) < 4.78 is 16.7. The highest BCUT2D eigenvalue weighted by Crippen LogP contribution is 2.12. The smallest absolute Gasteiger partial charge is 0.243 e. The minimum absolute atomic E-state index is 0.0324. The van der Waals surface area contributed by atoms with Crippen LogP contribution in [0.3, 0.4) is 0 Å². The number of hydrogen-bond acceptors (Lipinski definition) is 16. The second kappa shape index (κ2) is 39.1. The molecule has 2 aromatic carbocycles. The highest BCUT2D eigenvalue weighted by molar-refractivity contribution is 7.80. The number of nitrogens with one attached hydrogen (secondary N) is 8. The van der Waals surface area contributed by atoms with Gasteiger partial charge in [-0.3, -0.25) is 43.2 Å². The molecule has 0 aliphatic heterocycles. The quantitative estimate of drug-likeness (QED) is 0.0256. The van der Waals surface area contributed by atoms with E-state index >= 15 is 0 Å². The fraction of sp³-hybridized carbons (Fsp3) is 0.588. The first-order valence-electron chi connectivity index (χ1n) is 25.6. The Bertz CT molecular complexity index is 2090. The number of hydrogen-bond donors (Lipinski definition) is 13. The number of benzene rings is 2. The van der Waals surface area contributed by atoms with Gasteiger partial charge in [0.15, 0.2) is 0 Å². The Hall–Kier alpha value is -6.38. The summed E-state index contributed by atoms with van der Waals surface area (Å²) in [5, 5.41) is 30.6. The lowest BCUT2D eigenvalue weighted by atomic mass is 10.0. The minimum Gasteiger partial charge on any atom is -0.508 e. The Morgan fingerprint density at radius 2 is 1.07 bits per heavy atom. The zero-order chi connectivity index (χ0) is 56.1. The maximum Gasteiger partial charge on any atom is 0.243 e. The number of amides is 9. The fourth-order valence-electron chi connectivity index (χ4n) is 7.02. The molecule has 0 bridgehead atoms. The number of carbonyl (C=O) groups excluding carboxylic acids is 9. The van der Waals surface area contributed by atoms with Crippen molar-refractivity contribution in [1.82, 2.24) is 42.5 Å². The van der Waals surface area contributed by atoms with E-state index in [4.69, 9.17) is 31.4 Å². The van der Waals surface area contributed by atoms with Gasteiger partial charge in [0.1, 0.15) is 23.9 Å². The SMILES string of the molecule is CC(C)C[C@H](NC(=O)[C@H](Cc1ccccc1)NC(=O)CNC(=O)CNC(=O)[C@@H](N)Cc1ccc(O)cc1)C(=O)NCCCOCCOCCOCCCNC(=O)CCC(=O)N[C@@H](CCCCNC(=O)[C@@H](N)CS)C(N)=O. The molecule has 2 rings (SSSR count). The lowest BCUT2D eigenvalue weighted by Gasteiger charge is -2.24. The van der Waals surface area contributed by atoms with Crippen LogP contribution in [-0.2, 0) is 70.2 Å². The molecule has 0 aromatic heterocycles. The first-order chi connectivity index (χ1) is 36.4. The lowest BCUT2D eigenvalue weighted by Crippen LogP contribution is -2.56. The van der Waals surface area contributed by atoms with Crippen LogP contribution in [0.4, 0.5) is 0 Å². The zero-order valence-electron chi connectivity index (χ0n) is 43.7. The average Bonchev–Trinajstić information content (AvgIpc) is 3.39. The summed E-state index contributed by atoms with van der Waals surface area (Å²) in [6.45, 7) is 5.87. The van der Waals surface area contributed by atoms with Crippen LogP contribution in [-0.4, -0.2) is 167 Å². The maximum absolute atomic E-state index is 13.7. The van der Waals surface area contributed by atoms with Crippen LogP contribution in [0.5, 0.6) is 5.75 Å². The number of phenolic OH excluding ortho intramolecular Hbond substituents is 1. The van der Waals surface area contributed by atoms with Crippen LogP contribution in [0.2, 0.25) is 0 Å². The van der Waals surface area contributed by atoms with Crippen LogP contribution in [0, 0.1) is 5.92 Å². The third-order valence-corrected chi connectivity index (χ3v) is 11.6. The van der Waals surface area contributed by atoms with E-state index in [1.54, 1.807) is 36.4 Å². The Labute approximate surface area is 450 Å². The predicted octanol–water partition coefficient (Wildman–Crippen LogP) is -1.89. The van der Waals surface area contributed by atoms with Crippen molar-refractivity contribution in [2.75, 3.05) is 78.1 Å². The summed E-state index contributed by atoms with van der Waals surface area (Å²) in [5.41, 5.74) is 18.5. The minimum atomic E-state index is -1.09. The summed E-state index contributed by atoms with van der Waals surface area (Å²) in [6.07, 6.45) is 2.80. The monoisotopic (exact) mass is 1090 g/mol. The molecule has 0 saturated carbocycles. The topological polar surface area (TPSA) is 376 Å². The highest BCUT2D eigenvalue weighted by Gasteiger charge is 2.28. The molecule has 424 valence electrons. The lowest BCUT2D eigenvalue weighted by molar-refractivity contribution is -0.132. The van der Waals surface area contributed by atoms with Crippen molar-refractivity contribution in [3.63, 3.8) is 0 Å². The fourth-order valence-corrected chi connectivity index (χ4v) is 7.18. The standard InChI is InChI=1S/C51H81N11O13S/c1-34(2)28-41(62-51(72)42(30-35-10-4-3-5-11-35)61-46(67)32-58-45(66)31-59-48(69)38(52)29-36-13-15-37(63)16-14-36)50(71)57-21-9-23-74-25-27-75-26-24-73-22-8-20-55-43(64)17-18-44(65)60-40(47(54)68)12-6-7-19-56-49(70)39(53)33-76/h3-5,10-11,13-16,34,38-42,63,76H,6-9,12,17-33,52-53H2,1-2H3,(H2,54,68)(H,55,64)(H,56,70)(H,57,71)(H,58,66)(H,59,69)(H,60,65)(H,61,67)(H,62,72)/t38-,39-,40-,41-,42-/m0/s1. The number of aromatic hydroxyl groups is 1. The Morgan fingerprint density at radius 3 is 1.68 bits per heavy atom. The van der Waals surface area contributed by atoms with E-state index in [1.807, 2.05) is 19.9 Å².